The Bertz CT molecular complexity index is 863. The van der Waals surface area contributed by atoms with Crippen molar-refractivity contribution in [1.82, 2.24) is 15.2 Å². The Hall–Kier alpha value is -1.61. The summed E-state index contributed by atoms with van der Waals surface area (Å²) in [4.78, 5) is 13.8. The Morgan fingerprint density at radius 3 is 2.72 bits per heavy atom. The SMILES string of the molecule is CN=C(NCc1cc(N(C)C)nc2ccccc12)N1CCC2(CCOCC2)C1.I. The van der Waals surface area contributed by atoms with Gasteiger partial charge in [-0.2, -0.15) is 0 Å². The number of aromatic nitrogens is 1. The number of anilines is 1. The highest BCUT2D eigenvalue weighted by molar-refractivity contribution is 14.0. The lowest BCUT2D eigenvalue weighted by molar-refractivity contribution is 0.0217. The van der Waals surface area contributed by atoms with Crippen LogP contribution >= 0.6 is 24.0 Å². The standard InChI is InChI=1S/C22H31N5O.HI/c1-23-21(27-11-8-22(16-27)9-12-28-13-10-22)24-15-17-14-20(26(2)3)25-19-7-5-4-6-18(17)19;/h4-7,14H,8-13,15-16H2,1-3H3,(H,23,24);1H. The van der Waals surface area contributed by atoms with Gasteiger partial charge in [-0.05, 0) is 42.4 Å². The second-order valence-corrected chi connectivity index (χ2v) is 8.24. The number of pyridine rings is 1. The molecular weight excluding hydrogens is 477 g/mol. The predicted octanol–water partition coefficient (Wildman–Crippen LogP) is 3.50. The molecule has 0 radical (unpaired) electrons. The molecule has 2 saturated heterocycles. The average Bonchev–Trinajstić information content (AvgIpc) is 3.11. The molecule has 2 aliphatic rings. The van der Waals surface area contributed by atoms with Crippen molar-refractivity contribution >= 4 is 46.7 Å². The van der Waals surface area contributed by atoms with Gasteiger partial charge in [-0.3, -0.25) is 4.99 Å². The lowest BCUT2D eigenvalue weighted by Crippen LogP contribution is -2.42. The second kappa shape index (κ2) is 9.47. The molecule has 4 rings (SSSR count). The maximum Gasteiger partial charge on any atom is 0.193 e. The first-order valence-electron chi connectivity index (χ1n) is 10.2. The molecule has 0 atom stereocenters. The number of ether oxygens (including phenoxy) is 1. The van der Waals surface area contributed by atoms with Gasteiger partial charge in [0.05, 0.1) is 5.52 Å². The molecule has 0 aliphatic carbocycles. The number of hydrogen-bond acceptors (Lipinski definition) is 4. The minimum Gasteiger partial charge on any atom is -0.381 e. The van der Waals surface area contributed by atoms with E-state index in [9.17, 15) is 0 Å². The van der Waals surface area contributed by atoms with Crippen LogP contribution in [0.25, 0.3) is 10.9 Å². The number of nitrogens with one attached hydrogen (secondary N) is 1. The number of guanidine groups is 1. The number of aliphatic imine (C=N–C) groups is 1. The molecule has 1 aromatic heterocycles. The van der Waals surface area contributed by atoms with Crippen LogP contribution in [0.3, 0.4) is 0 Å². The van der Waals surface area contributed by atoms with Gasteiger partial charge in [0.2, 0.25) is 0 Å². The monoisotopic (exact) mass is 509 g/mol. The fourth-order valence-corrected chi connectivity index (χ4v) is 4.44. The molecule has 29 heavy (non-hydrogen) atoms. The van der Waals surface area contributed by atoms with E-state index in [1.807, 2.05) is 27.2 Å². The van der Waals surface area contributed by atoms with Gasteiger partial charge in [0.25, 0.3) is 0 Å². The zero-order valence-electron chi connectivity index (χ0n) is 17.6. The average molecular weight is 509 g/mol. The molecule has 1 aromatic carbocycles. The van der Waals surface area contributed by atoms with Crippen LogP contribution in [0.15, 0.2) is 35.3 Å². The normalized spacial score (nSPS) is 18.7. The summed E-state index contributed by atoms with van der Waals surface area (Å²) in [6, 6.07) is 10.5. The summed E-state index contributed by atoms with van der Waals surface area (Å²) in [5, 5.41) is 4.80. The van der Waals surface area contributed by atoms with Crippen LogP contribution in [0.1, 0.15) is 24.8 Å². The van der Waals surface area contributed by atoms with E-state index in [1.54, 1.807) is 0 Å². The predicted molar refractivity (Wildman–Crippen MR) is 130 cm³/mol. The molecule has 0 saturated carbocycles. The largest absolute Gasteiger partial charge is 0.381 e. The van der Waals surface area contributed by atoms with E-state index >= 15 is 0 Å². The van der Waals surface area contributed by atoms with Crippen LogP contribution in [0.5, 0.6) is 0 Å². The van der Waals surface area contributed by atoms with Gasteiger partial charge in [-0.15, -0.1) is 24.0 Å². The Morgan fingerprint density at radius 1 is 1.24 bits per heavy atom. The number of para-hydroxylation sites is 1. The van der Waals surface area contributed by atoms with Crippen molar-refractivity contribution in [3.8, 4) is 0 Å². The third-order valence-electron chi connectivity index (χ3n) is 6.19. The van der Waals surface area contributed by atoms with E-state index in [1.165, 1.54) is 30.2 Å². The van der Waals surface area contributed by atoms with Crippen LogP contribution in [-0.2, 0) is 11.3 Å². The summed E-state index contributed by atoms with van der Waals surface area (Å²) in [6.07, 6.45) is 3.57. The highest BCUT2D eigenvalue weighted by atomic mass is 127. The minimum atomic E-state index is 0. The molecule has 0 unspecified atom stereocenters. The van der Waals surface area contributed by atoms with Crippen LogP contribution in [0, 0.1) is 5.41 Å². The summed E-state index contributed by atoms with van der Waals surface area (Å²) in [6.45, 7) is 4.69. The van der Waals surface area contributed by atoms with Gasteiger partial charge in [0.15, 0.2) is 5.96 Å². The molecule has 158 valence electrons. The fraction of sp³-hybridized carbons (Fsp3) is 0.545. The first-order chi connectivity index (χ1) is 13.6. The number of rotatable bonds is 3. The van der Waals surface area contributed by atoms with Gasteiger partial charge < -0.3 is 19.9 Å². The van der Waals surface area contributed by atoms with Crippen molar-refractivity contribution in [2.75, 3.05) is 52.3 Å². The number of nitrogens with zero attached hydrogens (tertiary/aromatic N) is 4. The Morgan fingerprint density at radius 2 is 2.00 bits per heavy atom. The molecule has 7 heteroatoms. The van der Waals surface area contributed by atoms with E-state index in [0.717, 1.165) is 50.1 Å². The number of benzene rings is 1. The molecule has 6 nitrogen and oxygen atoms in total. The van der Waals surface area contributed by atoms with Crippen molar-refractivity contribution in [2.45, 2.75) is 25.8 Å². The molecule has 0 amide bonds. The molecule has 0 bridgehead atoms. The Balaban J connectivity index is 0.00000240. The summed E-state index contributed by atoms with van der Waals surface area (Å²) in [7, 11) is 5.95. The minimum absolute atomic E-state index is 0. The molecule has 2 aliphatic heterocycles. The summed E-state index contributed by atoms with van der Waals surface area (Å²) < 4.78 is 5.58. The molecule has 2 aromatic rings. The second-order valence-electron chi connectivity index (χ2n) is 8.24. The summed E-state index contributed by atoms with van der Waals surface area (Å²) >= 11 is 0. The van der Waals surface area contributed by atoms with Crippen molar-refractivity contribution in [2.24, 2.45) is 10.4 Å². The zero-order valence-corrected chi connectivity index (χ0v) is 20.0. The molecule has 2 fully saturated rings. The van der Waals surface area contributed by atoms with Gasteiger partial charge in [-0.25, -0.2) is 4.98 Å². The topological polar surface area (TPSA) is 53.0 Å². The first kappa shape index (κ1) is 22.1. The fourth-order valence-electron chi connectivity index (χ4n) is 4.44. The quantitative estimate of drug-likeness (QED) is 0.390. The van der Waals surface area contributed by atoms with E-state index in [4.69, 9.17) is 9.72 Å². The van der Waals surface area contributed by atoms with Gasteiger partial charge >= 0.3 is 0 Å². The van der Waals surface area contributed by atoms with Crippen LogP contribution in [0.2, 0.25) is 0 Å². The third-order valence-corrected chi connectivity index (χ3v) is 6.19. The lowest BCUT2D eigenvalue weighted by atomic mass is 9.80. The maximum absolute atomic E-state index is 5.58. The third kappa shape index (κ3) is 4.77. The highest BCUT2D eigenvalue weighted by Gasteiger charge is 2.40. The zero-order chi connectivity index (χ0) is 19.6. The smallest absolute Gasteiger partial charge is 0.193 e. The Labute approximate surface area is 190 Å². The van der Waals surface area contributed by atoms with Crippen LogP contribution in [0.4, 0.5) is 5.82 Å². The van der Waals surface area contributed by atoms with Gasteiger partial charge in [0, 0.05) is 59.4 Å². The molecular formula is C22H32IN5O. The first-order valence-corrected chi connectivity index (χ1v) is 10.2. The van der Waals surface area contributed by atoms with Crippen molar-refractivity contribution < 1.29 is 4.74 Å². The number of halogens is 1. The van der Waals surface area contributed by atoms with Crippen molar-refractivity contribution in [3.05, 3.63) is 35.9 Å². The Kier molecular flexibility index (Phi) is 7.21. The van der Waals surface area contributed by atoms with Crippen LogP contribution < -0.4 is 10.2 Å². The van der Waals surface area contributed by atoms with E-state index in [-0.39, 0.29) is 24.0 Å². The number of likely N-dealkylation sites (tertiary alicyclic amines) is 1. The van der Waals surface area contributed by atoms with E-state index in [0.29, 0.717) is 5.41 Å². The van der Waals surface area contributed by atoms with Crippen LogP contribution in [-0.4, -0.2) is 63.3 Å². The van der Waals surface area contributed by atoms with Gasteiger partial charge in [0.1, 0.15) is 5.82 Å². The van der Waals surface area contributed by atoms with Crippen molar-refractivity contribution in [3.63, 3.8) is 0 Å². The van der Waals surface area contributed by atoms with Crippen molar-refractivity contribution in [1.29, 1.82) is 0 Å². The van der Waals surface area contributed by atoms with Gasteiger partial charge in [-0.1, -0.05) is 18.2 Å². The van der Waals surface area contributed by atoms with E-state index < -0.39 is 0 Å². The summed E-state index contributed by atoms with van der Waals surface area (Å²) in [5.41, 5.74) is 2.69. The molecule has 1 N–H and O–H groups in total. The maximum atomic E-state index is 5.58. The summed E-state index contributed by atoms with van der Waals surface area (Å²) in [5.74, 6) is 1.98. The molecule has 1 spiro atoms. The lowest BCUT2D eigenvalue weighted by Gasteiger charge is -2.33. The molecule has 3 heterocycles. The number of hydrogen-bond donors (Lipinski definition) is 1. The highest BCUT2D eigenvalue weighted by Crippen LogP contribution is 2.39. The number of fused-ring (bicyclic) bond motifs is 1. The van der Waals surface area contributed by atoms with E-state index in [2.05, 4.69) is 44.4 Å².